The van der Waals surface area contributed by atoms with E-state index in [1.54, 1.807) is 12.3 Å². The molecule has 1 heterocycles. The molecule has 2 N–H and O–H groups in total. The van der Waals surface area contributed by atoms with Crippen LogP contribution in [0.2, 0.25) is 0 Å². The van der Waals surface area contributed by atoms with Gasteiger partial charge in [-0.3, -0.25) is 9.89 Å². The molecule has 7 heteroatoms. The molecule has 150 valence electrons. The van der Waals surface area contributed by atoms with Crippen molar-refractivity contribution in [3.8, 4) is 22.8 Å². The lowest BCUT2D eigenvalue weighted by atomic mass is 10.1. The van der Waals surface area contributed by atoms with E-state index in [4.69, 9.17) is 9.47 Å². The minimum absolute atomic E-state index is 0.328. The van der Waals surface area contributed by atoms with Crippen LogP contribution in [0.25, 0.3) is 11.3 Å². The molecule has 3 rings (SSSR count). The number of hydrazone groups is 1. The zero-order valence-electron chi connectivity index (χ0n) is 16.5. The number of H-pyrrole nitrogens is 1. The smallest absolute Gasteiger partial charge is 0.289 e. The molecule has 0 bridgehead atoms. The summed E-state index contributed by atoms with van der Waals surface area (Å²) in [5.74, 6) is 1.24. The van der Waals surface area contributed by atoms with Crippen LogP contribution in [0.4, 0.5) is 0 Å². The Balaban J connectivity index is 1.56. The zero-order valence-corrected chi connectivity index (χ0v) is 16.5. The minimum Gasteiger partial charge on any atom is -0.494 e. The number of nitrogens with zero attached hydrogens (tertiary/aromatic N) is 2. The summed E-state index contributed by atoms with van der Waals surface area (Å²) < 4.78 is 11.0. The fourth-order valence-electron chi connectivity index (χ4n) is 2.57. The van der Waals surface area contributed by atoms with Gasteiger partial charge in [0.2, 0.25) is 0 Å². The first-order valence-corrected chi connectivity index (χ1v) is 9.54. The third-order valence-electron chi connectivity index (χ3n) is 4.02. The predicted octanol–water partition coefficient (Wildman–Crippen LogP) is 4.03. The van der Waals surface area contributed by atoms with Crippen LogP contribution in [0.5, 0.6) is 11.5 Å². The van der Waals surface area contributed by atoms with E-state index in [2.05, 4.69) is 27.6 Å². The van der Waals surface area contributed by atoms with Gasteiger partial charge in [-0.25, -0.2) is 5.43 Å². The number of rotatable bonds is 9. The maximum atomic E-state index is 12.3. The highest BCUT2D eigenvalue weighted by Gasteiger charge is 2.10. The maximum absolute atomic E-state index is 12.3. The van der Waals surface area contributed by atoms with Crippen molar-refractivity contribution in [3.05, 3.63) is 65.9 Å². The van der Waals surface area contributed by atoms with Crippen molar-refractivity contribution < 1.29 is 14.3 Å². The average molecular weight is 392 g/mol. The Morgan fingerprint density at radius 3 is 2.45 bits per heavy atom. The summed E-state index contributed by atoms with van der Waals surface area (Å²) in [5, 5.41) is 10.9. The van der Waals surface area contributed by atoms with Gasteiger partial charge >= 0.3 is 0 Å². The molecule has 1 amide bonds. The molecule has 2 aromatic carbocycles. The number of hydrogen-bond acceptors (Lipinski definition) is 5. The summed E-state index contributed by atoms with van der Waals surface area (Å²) in [6.07, 6.45) is 2.54. The van der Waals surface area contributed by atoms with Crippen LogP contribution < -0.4 is 14.9 Å². The topological polar surface area (TPSA) is 88.6 Å². The fraction of sp³-hybridized carbons (Fsp3) is 0.227. The summed E-state index contributed by atoms with van der Waals surface area (Å²) in [4.78, 5) is 12.3. The Morgan fingerprint density at radius 1 is 1.07 bits per heavy atom. The van der Waals surface area contributed by atoms with Crippen molar-refractivity contribution in [2.45, 2.75) is 20.3 Å². The molecule has 0 atom stereocenters. The Morgan fingerprint density at radius 2 is 1.76 bits per heavy atom. The molecule has 0 saturated heterocycles. The molecule has 0 saturated carbocycles. The molecule has 29 heavy (non-hydrogen) atoms. The molecule has 0 fully saturated rings. The van der Waals surface area contributed by atoms with E-state index in [-0.39, 0.29) is 5.91 Å². The van der Waals surface area contributed by atoms with Crippen LogP contribution in [-0.4, -0.2) is 35.5 Å². The number of hydrogen-bond donors (Lipinski definition) is 2. The van der Waals surface area contributed by atoms with Crippen LogP contribution in [-0.2, 0) is 0 Å². The predicted molar refractivity (Wildman–Crippen MR) is 112 cm³/mol. The quantitative estimate of drug-likeness (QED) is 0.425. The van der Waals surface area contributed by atoms with Crippen LogP contribution in [0.15, 0.2) is 59.7 Å². The van der Waals surface area contributed by atoms with Crippen molar-refractivity contribution in [1.82, 2.24) is 15.6 Å². The molecule has 3 aromatic rings. The first-order valence-electron chi connectivity index (χ1n) is 9.54. The molecule has 0 aliphatic heterocycles. The molecule has 0 aliphatic carbocycles. The summed E-state index contributed by atoms with van der Waals surface area (Å²) in [7, 11) is 0. The van der Waals surface area contributed by atoms with E-state index in [0.29, 0.717) is 24.6 Å². The number of amides is 1. The largest absolute Gasteiger partial charge is 0.494 e. The van der Waals surface area contributed by atoms with E-state index in [1.807, 2.05) is 55.5 Å². The normalized spacial score (nSPS) is 10.8. The van der Waals surface area contributed by atoms with Crippen LogP contribution in [0.3, 0.4) is 0 Å². The molecule has 1 aromatic heterocycles. The Labute approximate surface area is 169 Å². The second-order valence-corrected chi connectivity index (χ2v) is 6.24. The Kier molecular flexibility index (Phi) is 7.00. The molecule has 0 unspecified atom stereocenters. The summed E-state index contributed by atoms with van der Waals surface area (Å²) in [6.45, 7) is 5.30. The number of aromatic amines is 1. The minimum atomic E-state index is -0.367. The third-order valence-corrected chi connectivity index (χ3v) is 4.02. The summed E-state index contributed by atoms with van der Waals surface area (Å²) in [6, 6.07) is 16.7. The highest BCUT2D eigenvalue weighted by atomic mass is 16.5. The van der Waals surface area contributed by atoms with Crippen molar-refractivity contribution in [2.24, 2.45) is 5.10 Å². The lowest BCUT2D eigenvalue weighted by Gasteiger charge is -2.03. The molecule has 0 aliphatic rings. The lowest BCUT2D eigenvalue weighted by Crippen LogP contribution is -2.17. The fourth-order valence-corrected chi connectivity index (χ4v) is 2.57. The maximum Gasteiger partial charge on any atom is 0.289 e. The number of aromatic nitrogens is 2. The van der Waals surface area contributed by atoms with Gasteiger partial charge in [-0.1, -0.05) is 6.92 Å². The van der Waals surface area contributed by atoms with Gasteiger partial charge in [-0.2, -0.15) is 10.2 Å². The van der Waals surface area contributed by atoms with Gasteiger partial charge in [0.25, 0.3) is 5.91 Å². The highest BCUT2D eigenvalue weighted by molar-refractivity contribution is 5.94. The van der Waals surface area contributed by atoms with Crippen LogP contribution >= 0.6 is 0 Å². The number of benzene rings is 2. The first-order chi connectivity index (χ1) is 14.2. The first kappa shape index (κ1) is 20.1. The molecule has 7 nitrogen and oxygen atoms in total. The standard InChI is InChI=1S/C22H24N4O3/c1-3-13-29-19-9-5-16(6-10-19)15-23-26-22(27)21-14-20(24-25-21)17-7-11-18(12-8-17)28-4-2/h5-12,14-15H,3-4,13H2,1-2H3,(H,24,25)(H,26,27). The van der Waals surface area contributed by atoms with Gasteiger partial charge in [-0.15, -0.1) is 0 Å². The Bertz CT molecular complexity index is 947. The number of carbonyl (C=O) groups is 1. The van der Waals surface area contributed by atoms with Crippen molar-refractivity contribution in [2.75, 3.05) is 13.2 Å². The summed E-state index contributed by atoms with van der Waals surface area (Å²) in [5.41, 5.74) is 5.24. The van der Waals surface area contributed by atoms with Crippen molar-refractivity contribution >= 4 is 12.1 Å². The van der Waals surface area contributed by atoms with Gasteiger partial charge < -0.3 is 9.47 Å². The SMILES string of the molecule is CCCOc1ccc(C=NNC(=O)c2cc(-c3ccc(OCC)cc3)n[nH]2)cc1. The van der Waals surface area contributed by atoms with Gasteiger partial charge in [0.1, 0.15) is 17.2 Å². The zero-order chi connectivity index (χ0) is 20.5. The van der Waals surface area contributed by atoms with E-state index >= 15 is 0 Å². The van der Waals surface area contributed by atoms with Gasteiger partial charge in [0.05, 0.1) is 25.1 Å². The van der Waals surface area contributed by atoms with Crippen molar-refractivity contribution in [3.63, 3.8) is 0 Å². The Hall–Kier alpha value is -3.61. The number of carbonyl (C=O) groups excluding carboxylic acids is 1. The molecule has 0 radical (unpaired) electrons. The van der Waals surface area contributed by atoms with Gasteiger partial charge in [0, 0.05) is 5.56 Å². The number of nitrogens with one attached hydrogen (secondary N) is 2. The number of ether oxygens (including phenoxy) is 2. The molecular formula is C22H24N4O3. The third kappa shape index (κ3) is 5.68. The monoisotopic (exact) mass is 392 g/mol. The second kappa shape index (κ2) is 10.1. The lowest BCUT2D eigenvalue weighted by molar-refractivity contribution is 0.0950. The van der Waals surface area contributed by atoms with Crippen LogP contribution in [0.1, 0.15) is 36.3 Å². The molecule has 0 spiro atoms. The van der Waals surface area contributed by atoms with Gasteiger partial charge in [0.15, 0.2) is 0 Å². The van der Waals surface area contributed by atoms with E-state index in [9.17, 15) is 4.79 Å². The molecular weight excluding hydrogens is 368 g/mol. The van der Waals surface area contributed by atoms with E-state index in [0.717, 1.165) is 29.0 Å². The highest BCUT2D eigenvalue weighted by Crippen LogP contribution is 2.21. The van der Waals surface area contributed by atoms with E-state index < -0.39 is 0 Å². The van der Waals surface area contributed by atoms with Crippen molar-refractivity contribution in [1.29, 1.82) is 0 Å². The summed E-state index contributed by atoms with van der Waals surface area (Å²) >= 11 is 0. The second-order valence-electron chi connectivity index (χ2n) is 6.24. The van der Waals surface area contributed by atoms with E-state index in [1.165, 1.54) is 0 Å². The van der Waals surface area contributed by atoms with Gasteiger partial charge in [-0.05, 0) is 73.5 Å². The van der Waals surface area contributed by atoms with Crippen LogP contribution in [0, 0.1) is 0 Å². The average Bonchev–Trinajstić information content (AvgIpc) is 3.24.